The Morgan fingerprint density at radius 3 is 2.58 bits per heavy atom. The third kappa shape index (κ3) is 3.77. The number of anilines is 1. The number of aromatic nitrogens is 1. The van der Waals surface area contributed by atoms with Crippen molar-refractivity contribution < 1.29 is 14.0 Å². The number of rotatable bonds is 5. The number of nitrogens with one attached hydrogen (secondary N) is 1. The number of aryl methyl sites for hydroxylation is 1. The molecule has 0 bridgehead atoms. The Labute approximate surface area is 110 Å². The van der Waals surface area contributed by atoms with Crippen LogP contribution < -0.4 is 5.32 Å². The van der Waals surface area contributed by atoms with Gasteiger partial charge < -0.3 is 9.73 Å². The highest BCUT2D eigenvalue weighted by atomic mass is 16.3. The lowest BCUT2D eigenvalue weighted by Crippen LogP contribution is -2.12. The van der Waals surface area contributed by atoms with E-state index in [1.807, 2.05) is 0 Å². The Kier molecular flexibility index (Phi) is 4.07. The van der Waals surface area contributed by atoms with E-state index in [0.717, 1.165) is 5.69 Å². The summed E-state index contributed by atoms with van der Waals surface area (Å²) in [6.07, 6.45) is 3.73. The Morgan fingerprint density at radius 1 is 1.26 bits per heavy atom. The van der Waals surface area contributed by atoms with Crippen LogP contribution in [0.25, 0.3) is 0 Å². The molecule has 0 aliphatic rings. The summed E-state index contributed by atoms with van der Waals surface area (Å²) < 4.78 is 4.83. The normalized spacial score (nSPS) is 10.2. The molecule has 0 spiro atoms. The molecule has 2 aromatic rings. The monoisotopic (exact) mass is 258 g/mol. The van der Waals surface area contributed by atoms with E-state index in [9.17, 15) is 9.59 Å². The van der Waals surface area contributed by atoms with E-state index in [1.54, 1.807) is 24.3 Å². The highest BCUT2D eigenvalue weighted by Crippen LogP contribution is 2.11. The van der Waals surface area contributed by atoms with Crippen LogP contribution in [0.4, 0.5) is 5.69 Å². The summed E-state index contributed by atoms with van der Waals surface area (Å²) in [5.41, 5.74) is 2.05. The fourth-order valence-electron chi connectivity index (χ4n) is 1.61. The minimum atomic E-state index is -0.0985. The molecule has 0 aliphatic carbocycles. The molecule has 0 atom stereocenters. The van der Waals surface area contributed by atoms with Crippen LogP contribution in [0.2, 0.25) is 0 Å². The number of amides is 1. The van der Waals surface area contributed by atoms with Crippen molar-refractivity contribution in [1.29, 1.82) is 0 Å². The predicted molar refractivity (Wildman–Crippen MR) is 69.9 cm³/mol. The molecule has 1 aromatic carbocycles. The number of ketones is 1. The minimum absolute atomic E-state index is 0.00362. The molecule has 0 fully saturated rings. The SMILES string of the molecule is CC(=O)c1ccc(NC(=O)CCc2cocn2)cc1. The van der Waals surface area contributed by atoms with E-state index in [0.29, 0.717) is 24.1 Å². The number of hydrogen-bond acceptors (Lipinski definition) is 4. The largest absolute Gasteiger partial charge is 0.451 e. The van der Waals surface area contributed by atoms with Gasteiger partial charge in [-0.3, -0.25) is 9.59 Å². The van der Waals surface area contributed by atoms with E-state index in [2.05, 4.69) is 10.3 Å². The van der Waals surface area contributed by atoms with Gasteiger partial charge >= 0.3 is 0 Å². The zero-order valence-corrected chi connectivity index (χ0v) is 10.6. The van der Waals surface area contributed by atoms with Crippen LogP contribution in [-0.2, 0) is 11.2 Å². The smallest absolute Gasteiger partial charge is 0.224 e. The maximum atomic E-state index is 11.7. The van der Waals surface area contributed by atoms with Gasteiger partial charge in [0.25, 0.3) is 0 Å². The van der Waals surface area contributed by atoms with E-state index in [-0.39, 0.29) is 11.7 Å². The summed E-state index contributed by atoms with van der Waals surface area (Å²) in [6.45, 7) is 1.51. The molecular formula is C14H14N2O3. The lowest BCUT2D eigenvalue weighted by molar-refractivity contribution is -0.116. The lowest BCUT2D eigenvalue weighted by atomic mass is 10.1. The first-order chi connectivity index (χ1) is 9.15. The molecule has 1 amide bonds. The van der Waals surface area contributed by atoms with Gasteiger partial charge in [0, 0.05) is 24.1 Å². The molecule has 1 N–H and O–H groups in total. The van der Waals surface area contributed by atoms with E-state index in [4.69, 9.17) is 4.42 Å². The first kappa shape index (κ1) is 13.0. The molecule has 2 rings (SSSR count). The standard InChI is InChI=1S/C14H14N2O3/c1-10(17)11-2-4-12(5-3-11)16-14(18)7-6-13-8-19-9-15-13/h2-5,8-9H,6-7H2,1H3,(H,16,18). The van der Waals surface area contributed by atoms with Crippen molar-refractivity contribution in [3.8, 4) is 0 Å². The van der Waals surface area contributed by atoms with Crippen molar-refractivity contribution in [2.24, 2.45) is 0 Å². The summed E-state index contributed by atoms with van der Waals surface area (Å²) in [5.74, 6) is -0.0949. The summed E-state index contributed by atoms with van der Waals surface area (Å²) in [5, 5.41) is 2.76. The molecule has 98 valence electrons. The summed E-state index contributed by atoms with van der Waals surface area (Å²) >= 11 is 0. The predicted octanol–water partition coefficient (Wildman–Crippen LogP) is 2.45. The van der Waals surface area contributed by atoms with Gasteiger partial charge in [-0.15, -0.1) is 0 Å². The van der Waals surface area contributed by atoms with E-state index in [1.165, 1.54) is 19.6 Å². The second kappa shape index (κ2) is 5.95. The van der Waals surface area contributed by atoms with Gasteiger partial charge in [0.15, 0.2) is 12.2 Å². The molecule has 0 aliphatic heterocycles. The first-order valence-electron chi connectivity index (χ1n) is 5.93. The van der Waals surface area contributed by atoms with Crippen LogP contribution in [0.15, 0.2) is 41.3 Å². The Balaban J connectivity index is 1.86. The van der Waals surface area contributed by atoms with Crippen molar-refractivity contribution in [2.75, 3.05) is 5.32 Å². The highest BCUT2D eigenvalue weighted by Gasteiger charge is 2.05. The number of hydrogen-bond donors (Lipinski definition) is 1. The van der Waals surface area contributed by atoms with Crippen molar-refractivity contribution in [3.63, 3.8) is 0 Å². The zero-order chi connectivity index (χ0) is 13.7. The van der Waals surface area contributed by atoms with Gasteiger partial charge in [-0.25, -0.2) is 4.98 Å². The summed E-state index contributed by atoms with van der Waals surface area (Å²) in [4.78, 5) is 26.7. The number of Topliss-reactive ketones (excluding diaryl/α,β-unsaturated/α-hetero) is 1. The van der Waals surface area contributed by atoms with Gasteiger partial charge in [-0.05, 0) is 31.2 Å². The summed E-state index contributed by atoms with van der Waals surface area (Å²) in [6, 6.07) is 6.81. The number of carbonyl (C=O) groups is 2. The number of benzene rings is 1. The molecule has 0 unspecified atom stereocenters. The molecule has 0 radical (unpaired) electrons. The fourth-order valence-corrected chi connectivity index (χ4v) is 1.61. The molecule has 0 saturated carbocycles. The van der Waals surface area contributed by atoms with Crippen LogP contribution in [-0.4, -0.2) is 16.7 Å². The third-order valence-electron chi connectivity index (χ3n) is 2.67. The number of oxazole rings is 1. The molecule has 0 saturated heterocycles. The zero-order valence-electron chi connectivity index (χ0n) is 10.6. The maximum absolute atomic E-state index is 11.7. The Hall–Kier alpha value is -2.43. The summed E-state index contributed by atoms with van der Waals surface area (Å²) in [7, 11) is 0. The van der Waals surface area contributed by atoms with Crippen molar-refractivity contribution in [1.82, 2.24) is 4.98 Å². The molecular weight excluding hydrogens is 244 g/mol. The second-order valence-electron chi connectivity index (χ2n) is 4.16. The number of nitrogens with zero attached hydrogens (tertiary/aromatic N) is 1. The van der Waals surface area contributed by atoms with Crippen molar-refractivity contribution in [3.05, 3.63) is 48.2 Å². The second-order valence-corrected chi connectivity index (χ2v) is 4.16. The highest BCUT2D eigenvalue weighted by molar-refractivity contribution is 5.95. The van der Waals surface area contributed by atoms with E-state index < -0.39 is 0 Å². The van der Waals surface area contributed by atoms with Gasteiger partial charge in [0.2, 0.25) is 5.91 Å². The quantitative estimate of drug-likeness (QED) is 0.836. The first-order valence-corrected chi connectivity index (χ1v) is 5.93. The van der Waals surface area contributed by atoms with Gasteiger partial charge in [0.1, 0.15) is 6.26 Å². The average Bonchev–Trinajstić information content (AvgIpc) is 2.90. The van der Waals surface area contributed by atoms with Crippen LogP contribution >= 0.6 is 0 Å². The van der Waals surface area contributed by atoms with Crippen LogP contribution in [0, 0.1) is 0 Å². The van der Waals surface area contributed by atoms with E-state index >= 15 is 0 Å². The third-order valence-corrected chi connectivity index (χ3v) is 2.67. The van der Waals surface area contributed by atoms with Gasteiger partial charge in [0.05, 0.1) is 5.69 Å². The Morgan fingerprint density at radius 2 is 2.00 bits per heavy atom. The molecule has 1 heterocycles. The van der Waals surface area contributed by atoms with Crippen LogP contribution in [0.5, 0.6) is 0 Å². The Bertz CT molecular complexity index is 559. The molecule has 1 aromatic heterocycles. The van der Waals surface area contributed by atoms with Crippen LogP contribution in [0.3, 0.4) is 0 Å². The number of carbonyl (C=O) groups excluding carboxylic acids is 2. The average molecular weight is 258 g/mol. The topological polar surface area (TPSA) is 72.2 Å². The fraction of sp³-hybridized carbons (Fsp3) is 0.214. The lowest BCUT2D eigenvalue weighted by Gasteiger charge is -2.05. The van der Waals surface area contributed by atoms with Gasteiger partial charge in [-0.2, -0.15) is 0 Å². The van der Waals surface area contributed by atoms with Crippen LogP contribution in [0.1, 0.15) is 29.4 Å². The van der Waals surface area contributed by atoms with Crippen molar-refractivity contribution in [2.45, 2.75) is 19.8 Å². The molecule has 5 nitrogen and oxygen atoms in total. The van der Waals surface area contributed by atoms with Gasteiger partial charge in [-0.1, -0.05) is 0 Å². The molecule has 19 heavy (non-hydrogen) atoms. The van der Waals surface area contributed by atoms with Crippen molar-refractivity contribution >= 4 is 17.4 Å². The maximum Gasteiger partial charge on any atom is 0.224 e. The molecule has 5 heteroatoms. The minimum Gasteiger partial charge on any atom is -0.451 e.